The van der Waals surface area contributed by atoms with Crippen LogP contribution in [0.4, 0.5) is 0 Å². The number of likely N-dealkylation sites (tertiary alicyclic amines) is 1. The van der Waals surface area contributed by atoms with E-state index >= 15 is 0 Å². The maximum absolute atomic E-state index is 12.4. The van der Waals surface area contributed by atoms with Crippen molar-refractivity contribution in [2.75, 3.05) is 19.7 Å². The number of rotatable bonds is 7. The van der Waals surface area contributed by atoms with Gasteiger partial charge in [-0.2, -0.15) is 0 Å². The van der Waals surface area contributed by atoms with E-state index < -0.39 is 0 Å². The lowest BCUT2D eigenvalue weighted by molar-refractivity contribution is -0.132. The minimum Gasteiger partial charge on any atom is -0.492 e. The van der Waals surface area contributed by atoms with Crippen LogP contribution in [-0.4, -0.2) is 42.5 Å². The van der Waals surface area contributed by atoms with Crippen LogP contribution in [0, 0.1) is 0 Å². The number of para-hydroxylation sites is 1. The third-order valence-electron chi connectivity index (χ3n) is 4.92. The summed E-state index contributed by atoms with van der Waals surface area (Å²) in [5.41, 5.74) is 0.589. The highest BCUT2D eigenvalue weighted by Gasteiger charge is 2.23. The van der Waals surface area contributed by atoms with Gasteiger partial charge in [-0.15, -0.1) is 0 Å². The summed E-state index contributed by atoms with van der Waals surface area (Å²) in [4.78, 5) is 26.6. The van der Waals surface area contributed by atoms with E-state index in [4.69, 9.17) is 27.9 Å². The van der Waals surface area contributed by atoms with Crippen molar-refractivity contribution in [2.45, 2.75) is 31.7 Å². The zero-order valence-electron chi connectivity index (χ0n) is 16.1. The highest BCUT2D eigenvalue weighted by atomic mass is 35.5. The first-order valence-corrected chi connectivity index (χ1v) is 10.5. The Morgan fingerprint density at radius 1 is 1.03 bits per heavy atom. The number of nitrogens with one attached hydrogen (secondary N) is 1. The van der Waals surface area contributed by atoms with Crippen molar-refractivity contribution in [3.05, 3.63) is 64.1 Å². The Morgan fingerprint density at radius 3 is 2.41 bits per heavy atom. The van der Waals surface area contributed by atoms with Crippen LogP contribution in [-0.2, 0) is 4.79 Å². The number of carbonyl (C=O) groups excluding carboxylic acids is 2. The first kappa shape index (κ1) is 21.5. The first-order valence-electron chi connectivity index (χ1n) is 9.74. The van der Waals surface area contributed by atoms with Crippen LogP contribution in [0.15, 0.2) is 48.5 Å². The molecule has 1 heterocycles. The molecule has 0 atom stereocenters. The highest BCUT2D eigenvalue weighted by molar-refractivity contribution is 6.32. The molecule has 1 saturated heterocycles. The first-order chi connectivity index (χ1) is 14.0. The van der Waals surface area contributed by atoms with E-state index in [2.05, 4.69) is 5.32 Å². The molecule has 1 N–H and O–H groups in total. The van der Waals surface area contributed by atoms with Gasteiger partial charge in [-0.25, -0.2) is 0 Å². The van der Waals surface area contributed by atoms with Gasteiger partial charge >= 0.3 is 0 Å². The number of hydrogen-bond acceptors (Lipinski definition) is 3. The minimum atomic E-state index is -0.108. The smallest absolute Gasteiger partial charge is 0.251 e. The number of hydrogen-bond donors (Lipinski definition) is 1. The number of benzene rings is 2. The van der Waals surface area contributed by atoms with E-state index in [1.165, 1.54) is 0 Å². The predicted octanol–water partition coefficient (Wildman–Crippen LogP) is 4.57. The molecule has 7 heteroatoms. The van der Waals surface area contributed by atoms with Crippen LogP contribution >= 0.6 is 23.2 Å². The Kier molecular flexibility index (Phi) is 7.78. The summed E-state index contributed by atoms with van der Waals surface area (Å²) in [5.74, 6) is 0.650. The highest BCUT2D eigenvalue weighted by Crippen LogP contribution is 2.23. The monoisotopic (exact) mass is 434 g/mol. The summed E-state index contributed by atoms with van der Waals surface area (Å²) in [7, 11) is 0. The number of ether oxygens (including phenoxy) is 1. The van der Waals surface area contributed by atoms with Crippen LogP contribution in [0.5, 0.6) is 5.75 Å². The molecule has 154 valence electrons. The van der Waals surface area contributed by atoms with Gasteiger partial charge < -0.3 is 15.0 Å². The summed E-state index contributed by atoms with van der Waals surface area (Å²) >= 11 is 11.9. The van der Waals surface area contributed by atoms with Crippen LogP contribution in [0.25, 0.3) is 0 Å². The van der Waals surface area contributed by atoms with Crippen LogP contribution < -0.4 is 10.1 Å². The molecular formula is C22H24Cl2N2O3. The van der Waals surface area contributed by atoms with Crippen molar-refractivity contribution >= 4 is 35.0 Å². The Morgan fingerprint density at radius 2 is 1.72 bits per heavy atom. The molecule has 0 unspecified atom stereocenters. The van der Waals surface area contributed by atoms with Gasteiger partial charge in [-0.1, -0.05) is 35.3 Å². The zero-order valence-corrected chi connectivity index (χ0v) is 17.6. The molecule has 3 rings (SSSR count). The van der Waals surface area contributed by atoms with Gasteiger partial charge in [-0.05, 0) is 55.7 Å². The second-order valence-electron chi connectivity index (χ2n) is 7.02. The molecule has 5 nitrogen and oxygen atoms in total. The van der Waals surface area contributed by atoms with Gasteiger partial charge in [0, 0.05) is 36.1 Å². The summed E-state index contributed by atoms with van der Waals surface area (Å²) in [5, 5.41) is 4.21. The lowest BCUT2D eigenvalue weighted by atomic mass is 10.0. The normalized spacial score (nSPS) is 14.5. The van der Waals surface area contributed by atoms with E-state index in [1.807, 2.05) is 23.1 Å². The molecule has 0 spiro atoms. The van der Waals surface area contributed by atoms with E-state index in [0.717, 1.165) is 12.8 Å². The van der Waals surface area contributed by atoms with Crippen LogP contribution in [0.1, 0.15) is 36.0 Å². The molecule has 1 fully saturated rings. The number of piperidine rings is 1. The van der Waals surface area contributed by atoms with Crippen molar-refractivity contribution in [1.29, 1.82) is 0 Å². The number of carbonyl (C=O) groups is 2. The van der Waals surface area contributed by atoms with Gasteiger partial charge in [0.25, 0.3) is 5.91 Å². The zero-order chi connectivity index (χ0) is 20.6. The molecule has 2 amide bonds. The maximum atomic E-state index is 12.4. The van der Waals surface area contributed by atoms with Crippen molar-refractivity contribution < 1.29 is 14.3 Å². The fourth-order valence-electron chi connectivity index (χ4n) is 3.27. The van der Waals surface area contributed by atoms with Crippen molar-refractivity contribution in [1.82, 2.24) is 10.2 Å². The Balaban J connectivity index is 1.35. The molecular weight excluding hydrogens is 411 g/mol. The fraction of sp³-hybridized carbons (Fsp3) is 0.364. The average Bonchev–Trinajstić information content (AvgIpc) is 2.73. The van der Waals surface area contributed by atoms with E-state index in [1.54, 1.807) is 30.3 Å². The second kappa shape index (κ2) is 10.5. The molecule has 0 bridgehead atoms. The molecule has 1 aliphatic heterocycles. The summed E-state index contributed by atoms with van der Waals surface area (Å²) in [6.45, 7) is 1.74. The topological polar surface area (TPSA) is 58.6 Å². The van der Waals surface area contributed by atoms with Crippen LogP contribution in [0.2, 0.25) is 10.0 Å². The molecule has 2 aromatic rings. The lowest BCUT2D eigenvalue weighted by Gasteiger charge is -2.32. The molecule has 2 aromatic carbocycles. The summed E-state index contributed by atoms with van der Waals surface area (Å²) in [6.07, 6.45) is 2.58. The van der Waals surface area contributed by atoms with E-state index in [0.29, 0.717) is 53.9 Å². The SMILES string of the molecule is O=C(NC1CCN(C(=O)CCCOc2ccccc2Cl)CC1)c1ccc(Cl)cc1. The maximum Gasteiger partial charge on any atom is 0.251 e. The standard InChI is InChI=1S/C22H24Cl2N2O3/c23-17-9-7-16(8-10-17)22(28)25-18-11-13-26(14-12-18)21(27)6-3-15-29-20-5-2-1-4-19(20)24/h1-2,4-5,7-10,18H,3,6,11-15H2,(H,25,28). The van der Waals surface area contributed by atoms with Gasteiger partial charge in [0.2, 0.25) is 5.91 Å². The lowest BCUT2D eigenvalue weighted by Crippen LogP contribution is -2.46. The Bertz CT molecular complexity index is 834. The van der Waals surface area contributed by atoms with Crippen molar-refractivity contribution in [2.24, 2.45) is 0 Å². The summed E-state index contributed by atoms with van der Waals surface area (Å²) in [6, 6.07) is 14.2. The third kappa shape index (κ3) is 6.38. The van der Waals surface area contributed by atoms with Crippen molar-refractivity contribution in [3.8, 4) is 5.75 Å². The second-order valence-corrected chi connectivity index (χ2v) is 7.86. The minimum absolute atomic E-state index is 0.0748. The van der Waals surface area contributed by atoms with Gasteiger partial charge in [-0.3, -0.25) is 9.59 Å². The van der Waals surface area contributed by atoms with Crippen LogP contribution in [0.3, 0.4) is 0 Å². The van der Waals surface area contributed by atoms with Crippen molar-refractivity contribution in [3.63, 3.8) is 0 Å². The quantitative estimate of drug-likeness (QED) is 0.648. The largest absolute Gasteiger partial charge is 0.492 e. The fourth-order valence-corrected chi connectivity index (χ4v) is 3.58. The molecule has 0 aliphatic carbocycles. The predicted molar refractivity (Wildman–Crippen MR) is 115 cm³/mol. The number of amides is 2. The number of halogens is 2. The van der Waals surface area contributed by atoms with E-state index in [-0.39, 0.29) is 17.9 Å². The van der Waals surface area contributed by atoms with Gasteiger partial charge in [0.05, 0.1) is 11.6 Å². The Hall–Kier alpha value is -2.24. The molecule has 1 aliphatic rings. The summed E-state index contributed by atoms with van der Waals surface area (Å²) < 4.78 is 5.63. The Labute approximate surface area is 180 Å². The number of nitrogens with zero attached hydrogens (tertiary/aromatic N) is 1. The van der Waals surface area contributed by atoms with E-state index in [9.17, 15) is 9.59 Å². The molecule has 29 heavy (non-hydrogen) atoms. The average molecular weight is 435 g/mol. The molecule has 0 radical (unpaired) electrons. The van der Waals surface area contributed by atoms with Gasteiger partial charge in [0.15, 0.2) is 0 Å². The van der Waals surface area contributed by atoms with Gasteiger partial charge in [0.1, 0.15) is 5.75 Å². The molecule has 0 saturated carbocycles. The third-order valence-corrected chi connectivity index (χ3v) is 5.48. The molecule has 0 aromatic heterocycles.